The van der Waals surface area contributed by atoms with Gasteiger partial charge in [-0.15, -0.1) is 0 Å². The van der Waals surface area contributed by atoms with Gasteiger partial charge in [0.15, 0.2) is 0 Å². The van der Waals surface area contributed by atoms with E-state index in [9.17, 15) is 1.37 Å². The van der Waals surface area contributed by atoms with Crippen LogP contribution < -0.4 is 4.74 Å². The Hall–Kier alpha value is -6.78. The minimum absolute atomic E-state index is 0.0482. The number of aryl methyl sites for hydroxylation is 6. The third-order valence-corrected chi connectivity index (χ3v) is 15.7. The number of hydrogen-bond donors (Lipinski definition) is 0. The normalized spacial score (nSPS) is 19.5. The molecule has 4 heteroatoms. The van der Waals surface area contributed by atoms with Crippen molar-refractivity contribution >= 4 is 21.9 Å². The molecule has 9 aromatic rings. The molecule has 0 radical (unpaired) electrons. The Labute approximate surface area is 428 Å². The second-order valence-corrected chi connectivity index (χ2v) is 20.9. The highest BCUT2D eigenvalue weighted by atomic mass is 16.5. The van der Waals surface area contributed by atoms with Crippen LogP contribution in [0.4, 0.5) is 0 Å². The van der Waals surface area contributed by atoms with Crippen molar-refractivity contribution in [2.45, 2.75) is 108 Å². The van der Waals surface area contributed by atoms with Crippen molar-refractivity contribution in [1.29, 1.82) is 0 Å². The number of furan rings is 1. The molecule has 69 heavy (non-hydrogen) atoms. The maximum Gasteiger partial charge on any atom is 0.145 e. The highest BCUT2D eigenvalue weighted by Gasteiger charge is 2.53. The number of benzene rings is 6. The third-order valence-electron chi connectivity index (χ3n) is 15.7. The van der Waals surface area contributed by atoms with Gasteiger partial charge in [0, 0.05) is 52.1 Å². The van der Waals surface area contributed by atoms with Crippen LogP contribution in [-0.2, 0) is 0 Å². The molecule has 0 atom stereocenters. The van der Waals surface area contributed by atoms with Gasteiger partial charge in [-0.25, -0.2) is 0 Å². The van der Waals surface area contributed by atoms with E-state index in [2.05, 4.69) is 96.8 Å². The van der Waals surface area contributed by atoms with Crippen molar-refractivity contribution in [1.82, 2.24) is 9.97 Å². The van der Waals surface area contributed by atoms with Crippen LogP contribution in [-0.4, -0.2) is 9.97 Å². The van der Waals surface area contributed by atoms with Gasteiger partial charge < -0.3 is 9.15 Å². The maximum atomic E-state index is 9.90. The molecule has 0 unspecified atom stereocenters. The van der Waals surface area contributed by atoms with Gasteiger partial charge in [-0.05, 0) is 204 Å². The molecule has 1 aliphatic rings. The molecule has 4 nitrogen and oxygen atoms in total. The van der Waals surface area contributed by atoms with E-state index in [1.165, 1.54) is 24.3 Å². The Morgan fingerprint density at radius 3 is 2.01 bits per heavy atom. The van der Waals surface area contributed by atoms with Crippen LogP contribution in [0.25, 0.3) is 77.8 Å². The molecule has 1 saturated carbocycles. The Balaban J connectivity index is 1.11. The second kappa shape index (κ2) is 17.0. The molecule has 10 rings (SSSR count). The molecule has 1 aliphatic carbocycles. The summed E-state index contributed by atoms with van der Waals surface area (Å²) in [5, 5.41) is 1.09. The van der Waals surface area contributed by atoms with E-state index in [0.717, 1.165) is 63.5 Å². The molecule has 0 aliphatic heterocycles. The van der Waals surface area contributed by atoms with Crippen molar-refractivity contribution in [3.8, 4) is 67.4 Å². The monoisotopic (exact) mass is 920 g/mol. The summed E-state index contributed by atoms with van der Waals surface area (Å²) in [6, 6.07) is 36.0. The summed E-state index contributed by atoms with van der Waals surface area (Å²) < 4.78 is 124. The van der Waals surface area contributed by atoms with Crippen molar-refractivity contribution in [2.75, 3.05) is 0 Å². The SMILES string of the molecule is [2H]C([2H])([2H])c1ccc2c(c1)oc1c(-c3cc(-c4ccc(-c5ccc(C6([2H])CC(C)(C)C(C)(C)C(C)(C)C6)cc5C)cc4C)c(C)cn3)cc(Oc3cc(-c4cc(C([2H])([2H])[2H])c(C([2H])([2H])[2H])cn4)cc(-c4ccccc4)c3C([2H])([2H])[2H])cc12. The first-order valence-electron chi connectivity index (χ1n) is 30.1. The second-order valence-electron chi connectivity index (χ2n) is 20.9. The fourth-order valence-electron chi connectivity index (χ4n) is 10.5. The summed E-state index contributed by atoms with van der Waals surface area (Å²) in [5.41, 5.74) is 9.75. The van der Waals surface area contributed by atoms with Crippen LogP contribution in [0.2, 0.25) is 0 Å². The summed E-state index contributed by atoms with van der Waals surface area (Å²) >= 11 is 0. The molecule has 3 aromatic heterocycles. The summed E-state index contributed by atoms with van der Waals surface area (Å²) in [7, 11) is 0. The average molecular weight is 920 g/mol. The van der Waals surface area contributed by atoms with E-state index in [-0.39, 0.29) is 55.7 Å². The molecular weight excluding hydrogens is 841 g/mol. The quantitative estimate of drug-likeness (QED) is 0.152. The van der Waals surface area contributed by atoms with Crippen LogP contribution >= 0.6 is 0 Å². The van der Waals surface area contributed by atoms with Crippen LogP contribution in [0, 0.1) is 64.4 Å². The van der Waals surface area contributed by atoms with Crippen LogP contribution in [0.1, 0.15) is 123 Å². The van der Waals surface area contributed by atoms with E-state index in [0.29, 0.717) is 38.8 Å². The lowest BCUT2D eigenvalue weighted by molar-refractivity contribution is -0.0744. The number of pyridine rings is 2. The number of rotatable bonds is 8. The van der Waals surface area contributed by atoms with E-state index >= 15 is 0 Å². The van der Waals surface area contributed by atoms with Crippen molar-refractivity contribution in [2.24, 2.45) is 16.2 Å². The van der Waals surface area contributed by atoms with Crippen molar-refractivity contribution in [3.05, 3.63) is 178 Å². The van der Waals surface area contributed by atoms with Gasteiger partial charge in [0.05, 0.1) is 11.4 Å². The van der Waals surface area contributed by atoms with E-state index in [1.54, 1.807) is 60.8 Å². The smallest absolute Gasteiger partial charge is 0.145 e. The Morgan fingerprint density at radius 1 is 0.551 bits per heavy atom. The first kappa shape index (κ1) is 32.9. The average Bonchev–Trinajstić information content (AvgIpc) is 1.67. The first-order chi connectivity index (χ1) is 38.0. The highest BCUT2D eigenvalue weighted by molar-refractivity contribution is 6.10. The summed E-state index contributed by atoms with van der Waals surface area (Å²) in [4.78, 5) is 9.40. The number of fused-ring (bicyclic) bond motifs is 3. The molecule has 1 fully saturated rings. The van der Waals surface area contributed by atoms with Crippen LogP contribution in [0.5, 0.6) is 11.5 Å². The van der Waals surface area contributed by atoms with Gasteiger partial charge in [0.25, 0.3) is 0 Å². The number of hydrogen-bond acceptors (Lipinski definition) is 4. The highest BCUT2D eigenvalue weighted by Crippen LogP contribution is 2.63. The lowest BCUT2D eigenvalue weighted by Gasteiger charge is -2.59. The Morgan fingerprint density at radius 2 is 1.29 bits per heavy atom. The first-order valence-corrected chi connectivity index (χ1v) is 23.6. The zero-order valence-corrected chi connectivity index (χ0v) is 40.8. The molecular formula is C65H66N2O2. The molecule has 348 valence electrons. The predicted molar refractivity (Wildman–Crippen MR) is 289 cm³/mol. The molecule has 0 spiro atoms. The van der Waals surface area contributed by atoms with E-state index in [1.807, 2.05) is 13.0 Å². The number of nitrogens with zero attached hydrogens (tertiary/aromatic N) is 2. The minimum atomic E-state index is -2.83. The lowest BCUT2D eigenvalue weighted by Crippen LogP contribution is -2.49. The molecule has 0 N–H and O–H groups in total. The fraction of sp³-hybridized carbons (Fsp3) is 0.292. The number of aromatic nitrogens is 2. The Bertz CT molecular complexity index is 3970. The summed E-state index contributed by atoms with van der Waals surface area (Å²) in [6.45, 7) is 9.26. The summed E-state index contributed by atoms with van der Waals surface area (Å²) in [5.74, 6) is -0.673. The molecule has 6 aromatic carbocycles. The third kappa shape index (κ3) is 8.16. The van der Waals surface area contributed by atoms with Crippen LogP contribution in [0.15, 0.2) is 138 Å². The van der Waals surface area contributed by atoms with Crippen molar-refractivity contribution in [3.63, 3.8) is 0 Å². The molecule has 0 amide bonds. The number of ether oxygens (including phenoxy) is 1. The summed E-state index contributed by atoms with van der Waals surface area (Å²) in [6.07, 6.45) is 4.33. The van der Waals surface area contributed by atoms with Gasteiger partial charge in [-0.1, -0.05) is 120 Å². The zero-order chi connectivity index (χ0) is 59.7. The van der Waals surface area contributed by atoms with E-state index < -0.39 is 44.4 Å². The predicted octanol–water partition coefficient (Wildman–Crippen LogP) is 18.6. The maximum absolute atomic E-state index is 9.90. The lowest BCUT2D eigenvalue weighted by atomic mass is 9.46. The van der Waals surface area contributed by atoms with Gasteiger partial charge in [-0.3, -0.25) is 9.97 Å². The van der Waals surface area contributed by atoms with E-state index in [4.69, 9.17) is 30.6 Å². The standard InChI is InChI=1S/C65H66N2O2/c1-38-19-22-53-56-31-50(68-60-30-48(58-28-39(2)42(5)36-66-58)29-55(44(60)7)45-17-15-14-16-18-45)32-57(62(56)69-61(53)25-38)59-33-54(43(6)37-67-59)52-24-21-47(27-41(52)4)51-23-20-46(26-40(51)3)49-34-63(8,9)65(12,13)64(10,11)35-49/h14-33,36-37,49H,34-35H2,1-13H3/i1D3,2D3,5D3,7D3,49D. The van der Waals surface area contributed by atoms with Crippen molar-refractivity contribution < 1.29 is 27.0 Å². The van der Waals surface area contributed by atoms with Gasteiger partial charge >= 0.3 is 0 Å². The molecule has 3 heterocycles. The minimum Gasteiger partial charge on any atom is -0.457 e. The van der Waals surface area contributed by atoms with Crippen LogP contribution in [0.3, 0.4) is 0 Å². The molecule has 0 saturated heterocycles. The zero-order valence-electron chi connectivity index (χ0n) is 53.8. The topological polar surface area (TPSA) is 48.2 Å². The Kier molecular flexibility index (Phi) is 8.11. The van der Waals surface area contributed by atoms with Gasteiger partial charge in [0.1, 0.15) is 22.7 Å². The van der Waals surface area contributed by atoms with Gasteiger partial charge in [-0.2, -0.15) is 0 Å². The largest absolute Gasteiger partial charge is 0.457 e. The fourth-order valence-corrected chi connectivity index (χ4v) is 10.5. The van der Waals surface area contributed by atoms with Gasteiger partial charge in [0.2, 0.25) is 0 Å². The molecule has 0 bridgehead atoms.